The number of hydrogen-bond donors (Lipinski definition) is 0. The van der Waals surface area contributed by atoms with E-state index in [1.54, 1.807) is 18.2 Å². The average molecular weight is 270 g/mol. The molecule has 1 aliphatic rings. The van der Waals surface area contributed by atoms with Crippen LogP contribution < -0.4 is 10.4 Å². The summed E-state index contributed by atoms with van der Waals surface area (Å²) in [4.78, 5) is 23.6. The maximum absolute atomic E-state index is 12.2. The molecule has 0 saturated carbocycles. The third-order valence-corrected chi connectivity index (χ3v) is 3.43. The largest absolute Gasteiger partial charge is 0.425 e. The second-order valence-corrected chi connectivity index (χ2v) is 4.83. The van der Waals surface area contributed by atoms with Crippen molar-refractivity contribution in [3.63, 3.8) is 0 Å². The number of para-hydroxylation sites is 1. The van der Waals surface area contributed by atoms with Crippen LogP contribution in [-0.2, 0) is 4.79 Å². The van der Waals surface area contributed by atoms with Crippen LogP contribution in [0, 0.1) is 0 Å². The van der Waals surface area contributed by atoms with Gasteiger partial charge in [-0.15, -0.1) is 0 Å². The van der Waals surface area contributed by atoms with Gasteiger partial charge in [-0.25, -0.2) is 4.79 Å². The fraction of sp³-hybridized carbons (Fsp3) is 0.250. The van der Waals surface area contributed by atoms with Crippen LogP contribution in [-0.4, -0.2) is 5.97 Å². The molecule has 4 nitrogen and oxygen atoms in total. The zero-order chi connectivity index (χ0) is 14.1. The molecule has 0 saturated heterocycles. The molecule has 0 aliphatic heterocycles. The normalized spacial score (nSPS) is 17.6. The Morgan fingerprint density at radius 3 is 2.85 bits per heavy atom. The summed E-state index contributed by atoms with van der Waals surface area (Å²) < 4.78 is 10.7. The highest BCUT2D eigenvalue weighted by atomic mass is 16.5. The van der Waals surface area contributed by atoms with Crippen molar-refractivity contribution in [2.24, 2.45) is 0 Å². The van der Waals surface area contributed by atoms with Gasteiger partial charge in [0.15, 0.2) is 5.75 Å². The lowest BCUT2D eigenvalue weighted by atomic mass is 9.98. The minimum Gasteiger partial charge on any atom is -0.425 e. The molecule has 0 fully saturated rings. The van der Waals surface area contributed by atoms with Gasteiger partial charge >= 0.3 is 11.6 Å². The molecule has 1 heterocycles. The molecule has 102 valence electrons. The van der Waals surface area contributed by atoms with E-state index in [1.165, 1.54) is 6.92 Å². The number of carbonyl (C=O) groups excluding carboxylic acids is 1. The Bertz CT molecular complexity index is 755. The fourth-order valence-corrected chi connectivity index (χ4v) is 2.58. The quantitative estimate of drug-likeness (QED) is 0.478. The first kappa shape index (κ1) is 12.7. The van der Waals surface area contributed by atoms with Crippen LogP contribution in [0.5, 0.6) is 5.75 Å². The molecule has 1 atom stereocenters. The lowest BCUT2D eigenvalue weighted by Gasteiger charge is -2.14. The van der Waals surface area contributed by atoms with Gasteiger partial charge in [0.2, 0.25) is 0 Å². The van der Waals surface area contributed by atoms with Crippen molar-refractivity contribution in [3.8, 4) is 5.75 Å². The monoisotopic (exact) mass is 270 g/mol. The Kier molecular flexibility index (Phi) is 3.14. The molecule has 0 amide bonds. The van der Waals surface area contributed by atoms with Crippen LogP contribution in [0.2, 0.25) is 0 Å². The summed E-state index contributed by atoms with van der Waals surface area (Å²) in [6.07, 6.45) is 5.73. The van der Waals surface area contributed by atoms with E-state index in [9.17, 15) is 9.59 Å². The molecule has 0 bridgehead atoms. The summed E-state index contributed by atoms with van der Waals surface area (Å²) in [5, 5.41) is 0.651. The van der Waals surface area contributed by atoms with Crippen molar-refractivity contribution in [1.82, 2.24) is 0 Å². The van der Waals surface area contributed by atoms with Gasteiger partial charge in [-0.1, -0.05) is 24.3 Å². The van der Waals surface area contributed by atoms with E-state index in [2.05, 4.69) is 0 Å². The molecule has 20 heavy (non-hydrogen) atoms. The van der Waals surface area contributed by atoms with Gasteiger partial charge in [-0.05, 0) is 25.0 Å². The number of esters is 1. The molecule has 1 aromatic heterocycles. The first-order valence-electron chi connectivity index (χ1n) is 6.57. The number of hydrogen-bond acceptors (Lipinski definition) is 4. The van der Waals surface area contributed by atoms with Gasteiger partial charge in [0.25, 0.3) is 0 Å². The molecule has 0 radical (unpaired) electrons. The zero-order valence-electron chi connectivity index (χ0n) is 11.1. The second kappa shape index (κ2) is 4.96. The van der Waals surface area contributed by atoms with Gasteiger partial charge in [-0.3, -0.25) is 4.79 Å². The van der Waals surface area contributed by atoms with Crippen LogP contribution in [0.25, 0.3) is 11.0 Å². The van der Waals surface area contributed by atoms with Crippen molar-refractivity contribution >= 4 is 16.9 Å². The molecule has 2 aromatic rings. The lowest BCUT2D eigenvalue weighted by molar-refractivity contribution is -0.131. The van der Waals surface area contributed by atoms with E-state index >= 15 is 0 Å². The van der Waals surface area contributed by atoms with Gasteiger partial charge in [0.1, 0.15) is 5.58 Å². The third-order valence-electron chi connectivity index (χ3n) is 3.43. The summed E-state index contributed by atoms with van der Waals surface area (Å²) in [6.45, 7) is 1.33. The second-order valence-electron chi connectivity index (χ2n) is 4.83. The third kappa shape index (κ3) is 2.13. The molecule has 1 aliphatic carbocycles. The van der Waals surface area contributed by atoms with E-state index in [0.717, 1.165) is 12.8 Å². The number of benzene rings is 1. The Morgan fingerprint density at radius 1 is 1.35 bits per heavy atom. The van der Waals surface area contributed by atoms with Crippen molar-refractivity contribution in [2.75, 3.05) is 0 Å². The topological polar surface area (TPSA) is 56.5 Å². The number of ether oxygens (including phenoxy) is 1. The summed E-state index contributed by atoms with van der Waals surface area (Å²) in [6, 6.07) is 7.08. The molecular weight excluding hydrogens is 256 g/mol. The molecule has 0 N–H and O–H groups in total. The summed E-state index contributed by atoms with van der Waals surface area (Å²) in [5.41, 5.74) is 0.434. The highest BCUT2D eigenvalue weighted by molar-refractivity contribution is 5.87. The van der Waals surface area contributed by atoms with E-state index in [-0.39, 0.29) is 5.92 Å². The minimum atomic E-state index is -0.441. The van der Waals surface area contributed by atoms with E-state index in [4.69, 9.17) is 9.15 Å². The number of fused-ring (bicyclic) bond motifs is 1. The standard InChI is InChI=1S/C16H14O4/c1-10(17)19-15-12-8-4-5-9-13(12)20-16(18)14(15)11-6-2-3-7-11/h2,4-6,8-9,11H,3,7H2,1H3. The summed E-state index contributed by atoms with van der Waals surface area (Å²) >= 11 is 0. The number of rotatable bonds is 2. The lowest BCUT2D eigenvalue weighted by Crippen LogP contribution is -2.15. The first-order chi connectivity index (χ1) is 9.66. The smallest absolute Gasteiger partial charge is 0.343 e. The molecule has 3 rings (SSSR count). The number of carbonyl (C=O) groups is 1. The number of allylic oxidation sites excluding steroid dienone is 2. The summed E-state index contributed by atoms with van der Waals surface area (Å²) in [7, 11) is 0. The van der Waals surface area contributed by atoms with Crippen LogP contribution in [0.4, 0.5) is 0 Å². The summed E-state index contributed by atoms with van der Waals surface area (Å²) in [5.74, 6) is -0.157. The maximum Gasteiger partial charge on any atom is 0.343 e. The molecule has 1 aromatic carbocycles. The maximum atomic E-state index is 12.2. The average Bonchev–Trinajstić information content (AvgIpc) is 2.91. The van der Waals surface area contributed by atoms with Crippen molar-refractivity contribution in [2.45, 2.75) is 25.7 Å². The van der Waals surface area contributed by atoms with Gasteiger partial charge in [0.05, 0.1) is 10.9 Å². The predicted molar refractivity (Wildman–Crippen MR) is 74.9 cm³/mol. The Balaban J connectivity index is 2.30. The molecule has 1 unspecified atom stereocenters. The van der Waals surface area contributed by atoms with Crippen LogP contribution in [0.15, 0.2) is 45.6 Å². The molecular formula is C16H14O4. The fourth-order valence-electron chi connectivity index (χ4n) is 2.58. The Morgan fingerprint density at radius 2 is 2.15 bits per heavy atom. The van der Waals surface area contributed by atoms with Crippen LogP contribution in [0.1, 0.15) is 31.2 Å². The predicted octanol–water partition coefficient (Wildman–Crippen LogP) is 3.15. The molecule has 4 heteroatoms. The van der Waals surface area contributed by atoms with Gasteiger partial charge in [0, 0.05) is 12.8 Å². The Hall–Kier alpha value is -2.36. The Labute approximate surface area is 115 Å². The highest BCUT2D eigenvalue weighted by Gasteiger charge is 2.25. The highest BCUT2D eigenvalue weighted by Crippen LogP contribution is 2.36. The zero-order valence-corrected chi connectivity index (χ0v) is 11.1. The van der Waals surface area contributed by atoms with Gasteiger partial charge < -0.3 is 9.15 Å². The van der Waals surface area contributed by atoms with Gasteiger partial charge in [-0.2, -0.15) is 0 Å². The van der Waals surface area contributed by atoms with Crippen molar-refractivity contribution in [3.05, 3.63) is 52.4 Å². The van der Waals surface area contributed by atoms with Crippen LogP contribution in [0.3, 0.4) is 0 Å². The van der Waals surface area contributed by atoms with E-state index in [1.807, 2.05) is 18.2 Å². The molecule has 0 spiro atoms. The van der Waals surface area contributed by atoms with E-state index in [0.29, 0.717) is 22.3 Å². The van der Waals surface area contributed by atoms with E-state index < -0.39 is 11.6 Å². The van der Waals surface area contributed by atoms with Crippen molar-refractivity contribution in [1.29, 1.82) is 0 Å². The minimum absolute atomic E-state index is 0.0507. The van der Waals surface area contributed by atoms with Crippen molar-refractivity contribution < 1.29 is 13.9 Å². The van der Waals surface area contributed by atoms with Crippen LogP contribution >= 0.6 is 0 Å². The first-order valence-corrected chi connectivity index (χ1v) is 6.57. The SMILES string of the molecule is CC(=O)Oc1c(C2C=CCC2)c(=O)oc2ccccc12.